The predicted octanol–water partition coefficient (Wildman–Crippen LogP) is 4.78. The summed E-state index contributed by atoms with van der Waals surface area (Å²) in [7, 11) is 1.64. The summed E-state index contributed by atoms with van der Waals surface area (Å²) < 4.78 is 12.1. The number of nitrogens with two attached hydrogens (primary N) is 1. The van der Waals surface area contributed by atoms with Crippen LogP contribution in [0.3, 0.4) is 0 Å². The van der Waals surface area contributed by atoms with E-state index in [2.05, 4.69) is 27.2 Å². The van der Waals surface area contributed by atoms with Gasteiger partial charge in [0.15, 0.2) is 10.9 Å². The van der Waals surface area contributed by atoms with Crippen LogP contribution in [0.5, 0.6) is 17.4 Å². The van der Waals surface area contributed by atoms with Crippen LogP contribution in [0.2, 0.25) is 0 Å². The monoisotopic (exact) mass is 393 g/mol. The van der Waals surface area contributed by atoms with Crippen molar-refractivity contribution in [2.24, 2.45) is 0 Å². The van der Waals surface area contributed by atoms with Crippen molar-refractivity contribution in [2.45, 2.75) is 13.3 Å². The second-order valence-corrected chi connectivity index (χ2v) is 7.05. The quantitative estimate of drug-likeness (QED) is 0.487. The third-order valence-corrected chi connectivity index (χ3v) is 5.15. The minimum absolute atomic E-state index is 0.296. The predicted molar refractivity (Wildman–Crippen MR) is 112 cm³/mol. The zero-order valence-electron chi connectivity index (χ0n) is 15.5. The lowest BCUT2D eigenvalue weighted by molar-refractivity contribution is 0.415. The van der Waals surface area contributed by atoms with Gasteiger partial charge in [0, 0.05) is 0 Å². The van der Waals surface area contributed by atoms with Crippen LogP contribution in [0, 0.1) is 0 Å². The number of benzene rings is 2. The Morgan fingerprint density at radius 3 is 2.61 bits per heavy atom. The molecule has 2 heterocycles. The lowest BCUT2D eigenvalue weighted by Gasteiger charge is -2.10. The smallest absolute Gasteiger partial charge is 0.248 e. The Hall–Kier alpha value is -3.39. The molecule has 0 fully saturated rings. The molecule has 0 atom stereocenters. The summed E-state index contributed by atoms with van der Waals surface area (Å²) in [5.41, 5.74) is 8.64. The Kier molecular flexibility index (Phi) is 4.94. The summed E-state index contributed by atoms with van der Waals surface area (Å²) in [5, 5.41) is 3.83. The lowest BCUT2D eigenvalue weighted by Crippen LogP contribution is -2.03. The number of aryl methyl sites for hydroxylation is 1. The topological polar surface area (TPSA) is 95.2 Å². The fourth-order valence-electron chi connectivity index (χ4n) is 2.65. The van der Waals surface area contributed by atoms with E-state index in [1.54, 1.807) is 7.11 Å². The molecular formula is C20H19N5O2S. The summed E-state index contributed by atoms with van der Waals surface area (Å²) in [6.45, 7) is 2.11. The van der Waals surface area contributed by atoms with E-state index in [0.717, 1.165) is 22.4 Å². The number of methoxy groups -OCH3 is 1. The Bertz CT molecular complexity index is 1110. The molecule has 4 aromatic rings. The SMILES string of the molecule is CCc1ccc(Oc2ncnc(Nc3nc4ccc(OC)cc4s3)c2N)cc1. The van der Waals surface area contributed by atoms with Crippen LogP contribution in [-0.2, 0) is 6.42 Å². The van der Waals surface area contributed by atoms with Gasteiger partial charge in [-0.05, 0) is 42.3 Å². The molecule has 2 aromatic carbocycles. The Balaban J connectivity index is 1.57. The second-order valence-electron chi connectivity index (χ2n) is 6.02. The molecule has 0 radical (unpaired) electrons. The first-order chi connectivity index (χ1) is 13.7. The zero-order valence-corrected chi connectivity index (χ0v) is 16.3. The summed E-state index contributed by atoms with van der Waals surface area (Å²) >= 11 is 1.49. The fraction of sp³-hybridized carbons (Fsp3) is 0.150. The van der Waals surface area contributed by atoms with E-state index in [-0.39, 0.29) is 0 Å². The molecule has 3 N–H and O–H groups in total. The van der Waals surface area contributed by atoms with Gasteiger partial charge in [0.1, 0.15) is 23.5 Å². The van der Waals surface area contributed by atoms with Crippen LogP contribution in [0.15, 0.2) is 48.8 Å². The van der Waals surface area contributed by atoms with E-state index in [9.17, 15) is 0 Å². The first-order valence-corrected chi connectivity index (χ1v) is 9.56. The molecule has 7 nitrogen and oxygen atoms in total. The van der Waals surface area contributed by atoms with Crippen LogP contribution in [0.1, 0.15) is 12.5 Å². The van der Waals surface area contributed by atoms with Crippen LogP contribution in [0.4, 0.5) is 16.6 Å². The third kappa shape index (κ3) is 3.67. The highest BCUT2D eigenvalue weighted by atomic mass is 32.1. The molecule has 0 aliphatic rings. The largest absolute Gasteiger partial charge is 0.497 e. The van der Waals surface area contributed by atoms with Crippen molar-refractivity contribution >= 4 is 38.2 Å². The van der Waals surface area contributed by atoms with Crippen molar-refractivity contribution < 1.29 is 9.47 Å². The third-order valence-electron chi connectivity index (χ3n) is 4.21. The average molecular weight is 393 g/mol. The minimum atomic E-state index is 0.296. The van der Waals surface area contributed by atoms with Gasteiger partial charge in [0.05, 0.1) is 17.3 Å². The molecule has 0 saturated heterocycles. The summed E-state index contributed by atoms with van der Waals surface area (Å²) in [6, 6.07) is 13.6. The molecule has 2 aromatic heterocycles. The normalized spacial score (nSPS) is 10.8. The number of nitrogens with one attached hydrogen (secondary N) is 1. The summed E-state index contributed by atoms with van der Waals surface area (Å²) in [4.78, 5) is 12.9. The van der Waals surface area contributed by atoms with Gasteiger partial charge in [-0.15, -0.1) is 0 Å². The van der Waals surface area contributed by atoms with Gasteiger partial charge < -0.3 is 20.5 Å². The van der Waals surface area contributed by atoms with E-state index >= 15 is 0 Å². The highest BCUT2D eigenvalue weighted by Crippen LogP contribution is 2.34. The van der Waals surface area contributed by atoms with Gasteiger partial charge in [-0.25, -0.2) is 9.97 Å². The molecule has 0 aliphatic heterocycles. The molecule has 0 saturated carbocycles. The van der Waals surface area contributed by atoms with Crippen molar-refractivity contribution in [2.75, 3.05) is 18.2 Å². The maximum absolute atomic E-state index is 6.22. The number of aromatic nitrogens is 3. The van der Waals surface area contributed by atoms with Crippen LogP contribution >= 0.6 is 11.3 Å². The van der Waals surface area contributed by atoms with Crippen molar-refractivity contribution in [3.63, 3.8) is 0 Å². The maximum atomic E-state index is 6.22. The Morgan fingerprint density at radius 2 is 1.86 bits per heavy atom. The van der Waals surface area contributed by atoms with Gasteiger partial charge in [-0.2, -0.15) is 4.98 Å². The molecule has 4 rings (SSSR count). The highest BCUT2D eigenvalue weighted by Gasteiger charge is 2.13. The molecule has 0 aliphatic carbocycles. The van der Waals surface area contributed by atoms with Crippen molar-refractivity contribution in [3.05, 3.63) is 54.4 Å². The first-order valence-electron chi connectivity index (χ1n) is 8.75. The summed E-state index contributed by atoms with van der Waals surface area (Å²) in [6.07, 6.45) is 2.38. The lowest BCUT2D eigenvalue weighted by atomic mass is 10.2. The van der Waals surface area contributed by atoms with Crippen LogP contribution < -0.4 is 20.5 Å². The van der Waals surface area contributed by atoms with Crippen molar-refractivity contribution in [1.82, 2.24) is 15.0 Å². The number of nitrogen functional groups attached to an aromatic ring is 1. The number of ether oxygens (including phenoxy) is 2. The number of nitrogens with zero attached hydrogens (tertiary/aromatic N) is 3. The van der Waals surface area contributed by atoms with Gasteiger partial charge in [0.25, 0.3) is 0 Å². The number of thiazole rings is 1. The maximum Gasteiger partial charge on any atom is 0.248 e. The molecule has 142 valence electrons. The minimum Gasteiger partial charge on any atom is -0.497 e. The molecule has 0 unspecified atom stereocenters. The van der Waals surface area contributed by atoms with E-state index in [0.29, 0.717) is 28.3 Å². The molecule has 0 bridgehead atoms. The van der Waals surface area contributed by atoms with Gasteiger partial charge in [0.2, 0.25) is 5.88 Å². The highest BCUT2D eigenvalue weighted by molar-refractivity contribution is 7.22. The van der Waals surface area contributed by atoms with E-state index in [1.807, 2.05) is 42.5 Å². The van der Waals surface area contributed by atoms with Gasteiger partial charge >= 0.3 is 0 Å². The molecular weight excluding hydrogens is 374 g/mol. The Labute approximate surface area is 166 Å². The number of hydrogen-bond acceptors (Lipinski definition) is 8. The van der Waals surface area contributed by atoms with Crippen LogP contribution in [-0.4, -0.2) is 22.1 Å². The van der Waals surface area contributed by atoms with E-state index < -0.39 is 0 Å². The molecule has 8 heteroatoms. The van der Waals surface area contributed by atoms with Gasteiger partial charge in [-0.1, -0.05) is 30.4 Å². The van der Waals surface area contributed by atoms with E-state index in [4.69, 9.17) is 15.2 Å². The standard InChI is InChI=1S/C20H19N5O2S/c1-3-12-4-6-13(7-5-12)27-19-17(21)18(22-11-23-19)25-20-24-15-9-8-14(26-2)10-16(15)28-20/h4-11H,3,21H2,1-2H3,(H,22,23,24,25). The zero-order chi connectivity index (χ0) is 19.5. The molecule has 0 spiro atoms. The second kappa shape index (κ2) is 7.69. The molecule has 0 amide bonds. The fourth-order valence-corrected chi connectivity index (χ4v) is 3.55. The van der Waals surface area contributed by atoms with Crippen molar-refractivity contribution in [3.8, 4) is 17.4 Å². The number of hydrogen-bond donors (Lipinski definition) is 2. The van der Waals surface area contributed by atoms with E-state index in [1.165, 1.54) is 23.2 Å². The summed E-state index contributed by atoms with van der Waals surface area (Å²) in [5.74, 6) is 2.19. The Morgan fingerprint density at radius 1 is 1.07 bits per heavy atom. The average Bonchev–Trinajstić information content (AvgIpc) is 3.13. The number of anilines is 3. The first kappa shape index (κ1) is 18.0. The van der Waals surface area contributed by atoms with Crippen LogP contribution in [0.25, 0.3) is 10.2 Å². The number of fused-ring (bicyclic) bond motifs is 1. The molecule has 28 heavy (non-hydrogen) atoms. The van der Waals surface area contributed by atoms with Crippen molar-refractivity contribution in [1.29, 1.82) is 0 Å². The van der Waals surface area contributed by atoms with Gasteiger partial charge in [-0.3, -0.25) is 0 Å². The number of rotatable bonds is 6.